The number of piperidine rings is 1. The molecule has 2 fully saturated rings. The van der Waals surface area contributed by atoms with Gasteiger partial charge in [-0.05, 0) is 19.3 Å². The first-order valence-corrected chi connectivity index (χ1v) is 5.45. The summed E-state index contributed by atoms with van der Waals surface area (Å²) in [5, 5.41) is 8.76. The van der Waals surface area contributed by atoms with Crippen LogP contribution in [-0.2, 0) is 4.79 Å². The van der Waals surface area contributed by atoms with Gasteiger partial charge in [0.2, 0.25) is 5.91 Å². The quantitative estimate of drug-likeness (QED) is 0.692. The number of carbonyl (C=O) groups excluding carboxylic acids is 1. The predicted octanol–water partition coefficient (Wildman–Crippen LogP) is 0.609. The number of carboxylic acid groups (broad SMARTS) is 1. The van der Waals surface area contributed by atoms with Crippen molar-refractivity contribution in [2.45, 2.75) is 19.3 Å². The van der Waals surface area contributed by atoms with Gasteiger partial charge in [0.1, 0.15) is 0 Å². The summed E-state index contributed by atoms with van der Waals surface area (Å²) in [4.78, 5) is 25.7. The van der Waals surface area contributed by atoms with Crippen molar-refractivity contribution in [3.63, 3.8) is 0 Å². The lowest BCUT2D eigenvalue weighted by Gasteiger charge is -2.37. The fraction of sp³-hybridized carbons (Fsp3) is 0.800. The molecule has 0 unspecified atom stereocenters. The number of likely N-dealkylation sites (tertiary alicyclic amines) is 2. The van der Waals surface area contributed by atoms with Crippen LogP contribution >= 0.6 is 0 Å². The Morgan fingerprint density at radius 2 is 1.60 bits per heavy atom. The normalized spacial score (nSPS) is 22.4. The molecule has 0 bridgehead atoms. The summed E-state index contributed by atoms with van der Waals surface area (Å²) in [6.07, 6.45) is 1.60. The second-order valence-corrected chi connectivity index (χ2v) is 4.22. The molecule has 2 saturated heterocycles. The highest BCUT2D eigenvalue weighted by molar-refractivity contribution is 5.79. The molecule has 0 aromatic carbocycles. The molecule has 2 amide bonds. The van der Waals surface area contributed by atoms with Gasteiger partial charge in [0.05, 0.1) is 0 Å². The molecule has 5 heteroatoms. The SMILES string of the molecule is O=C(O)N1CCC(C(=O)N2CCC2)CC1. The zero-order valence-electron chi connectivity index (χ0n) is 8.69. The molecule has 5 nitrogen and oxygen atoms in total. The first-order valence-electron chi connectivity index (χ1n) is 5.45. The summed E-state index contributed by atoms with van der Waals surface area (Å²) in [5.74, 6) is 0.284. The maximum absolute atomic E-state index is 11.8. The van der Waals surface area contributed by atoms with Gasteiger partial charge in [0.25, 0.3) is 0 Å². The van der Waals surface area contributed by atoms with E-state index in [1.54, 1.807) is 0 Å². The Balaban J connectivity index is 1.82. The molecule has 0 aliphatic carbocycles. The van der Waals surface area contributed by atoms with Gasteiger partial charge in [-0.25, -0.2) is 4.79 Å². The van der Waals surface area contributed by atoms with Gasteiger partial charge >= 0.3 is 6.09 Å². The smallest absolute Gasteiger partial charge is 0.407 e. The van der Waals surface area contributed by atoms with E-state index in [0.29, 0.717) is 25.9 Å². The molecule has 84 valence electrons. The van der Waals surface area contributed by atoms with Crippen molar-refractivity contribution in [2.24, 2.45) is 5.92 Å². The molecule has 0 aromatic heterocycles. The van der Waals surface area contributed by atoms with E-state index >= 15 is 0 Å². The Morgan fingerprint density at radius 1 is 1.00 bits per heavy atom. The minimum absolute atomic E-state index is 0.0564. The zero-order chi connectivity index (χ0) is 10.8. The van der Waals surface area contributed by atoms with Crippen molar-refractivity contribution in [3.05, 3.63) is 0 Å². The third-order valence-electron chi connectivity index (χ3n) is 3.28. The van der Waals surface area contributed by atoms with Crippen LogP contribution in [0.3, 0.4) is 0 Å². The number of hydrogen-bond acceptors (Lipinski definition) is 2. The molecule has 15 heavy (non-hydrogen) atoms. The Kier molecular flexibility index (Phi) is 2.79. The van der Waals surface area contributed by atoms with Gasteiger partial charge in [-0.3, -0.25) is 4.79 Å². The lowest BCUT2D eigenvalue weighted by Crippen LogP contribution is -2.48. The molecular weight excluding hydrogens is 196 g/mol. The largest absolute Gasteiger partial charge is 0.465 e. The lowest BCUT2D eigenvalue weighted by molar-refractivity contribution is -0.140. The van der Waals surface area contributed by atoms with E-state index in [2.05, 4.69) is 0 Å². The molecule has 1 N–H and O–H groups in total. The first-order chi connectivity index (χ1) is 7.18. The van der Waals surface area contributed by atoms with Gasteiger partial charge < -0.3 is 14.9 Å². The molecule has 2 aliphatic heterocycles. The van der Waals surface area contributed by atoms with Crippen LogP contribution in [0.25, 0.3) is 0 Å². The van der Waals surface area contributed by atoms with Gasteiger partial charge in [0, 0.05) is 32.1 Å². The van der Waals surface area contributed by atoms with Crippen molar-refractivity contribution in [3.8, 4) is 0 Å². The van der Waals surface area contributed by atoms with Crippen LogP contribution in [0, 0.1) is 5.92 Å². The van der Waals surface area contributed by atoms with Crippen molar-refractivity contribution in [2.75, 3.05) is 26.2 Å². The van der Waals surface area contributed by atoms with Crippen molar-refractivity contribution < 1.29 is 14.7 Å². The Labute approximate surface area is 88.6 Å². The second-order valence-electron chi connectivity index (χ2n) is 4.22. The third kappa shape index (κ3) is 2.06. The van der Waals surface area contributed by atoms with Crippen LogP contribution < -0.4 is 0 Å². The van der Waals surface area contributed by atoms with E-state index in [0.717, 1.165) is 19.5 Å². The van der Waals surface area contributed by atoms with Gasteiger partial charge in [0.15, 0.2) is 0 Å². The van der Waals surface area contributed by atoms with E-state index in [4.69, 9.17) is 5.11 Å². The molecule has 0 spiro atoms. The van der Waals surface area contributed by atoms with Crippen LogP contribution in [-0.4, -0.2) is 53.1 Å². The minimum atomic E-state index is -0.871. The van der Waals surface area contributed by atoms with Crippen LogP contribution in [0.4, 0.5) is 4.79 Å². The molecule has 0 aromatic rings. The minimum Gasteiger partial charge on any atom is -0.465 e. The third-order valence-corrected chi connectivity index (χ3v) is 3.28. The summed E-state index contributed by atoms with van der Waals surface area (Å²) in [6, 6.07) is 0. The Hall–Kier alpha value is -1.26. The number of nitrogens with zero attached hydrogens (tertiary/aromatic N) is 2. The van der Waals surface area contributed by atoms with Gasteiger partial charge in [-0.2, -0.15) is 0 Å². The van der Waals surface area contributed by atoms with E-state index in [9.17, 15) is 9.59 Å². The number of hydrogen-bond donors (Lipinski definition) is 1. The molecule has 2 aliphatic rings. The number of amides is 2. The Bertz CT molecular complexity index is 268. The molecule has 2 heterocycles. The standard InChI is InChI=1S/C10H16N2O3/c13-9(11-4-1-5-11)8-2-6-12(7-3-8)10(14)15/h8H,1-7H2,(H,14,15). The van der Waals surface area contributed by atoms with E-state index in [-0.39, 0.29) is 11.8 Å². The van der Waals surface area contributed by atoms with Crippen molar-refractivity contribution in [1.29, 1.82) is 0 Å². The fourth-order valence-corrected chi connectivity index (χ4v) is 2.11. The Morgan fingerprint density at radius 3 is 2.00 bits per heavy atom. The second kappa shape index (κ2) is 4.08. The van der Waals surface area contributed by atoms with Crippen LogP contribution in [0.1, 0.15) is 19.3 Å². The van der Waals surface area contributed by atoms with Gasteiger partial charge in [-0.15, -0.1) is 0 Å². The van der Waals surface area contributed by atoms with Crippen molar-refractivity contribution in [1.82, 2.24) is 9.80 Å². The molecule has 0 atom stereocenters. The highest BCUT2D eigenvalue weighted by Gasteiger charge is 2.31. The average molecular weight is 212 g/mol. The van der Waals surface area contributed by atoms with Crippen LogP contribution in [0.2, 0.25) is 0 Å². The predicted molar refractivity (Wildman–Crippen MR) is 53.5 cm³/mol. The average Bonchev–Trinajstić information content (AvgIpc) is 2.15. The summed E-state index contributed by atoms with van der Waals surface area (Å²) >= 11 is 0. The summed E-state index contributed by atoms with van der Waals surface area (Å²) < 4.78 is 0. The fourth-order valence-electron chi connectivity index (χ4n) is 2.11. The van der Waals surface area contributed by atoms with E-state index in [1.165, 1.54) is 4.90 Å². The molecule has 0 saturated carbocycles. The maximum Gasteiger partial charge on any atom is 0.407 e. The van der Waals surface area contributed by atoms with Crippen LogP contribution in [0.15, 0.2) is 0 Å². The lowest BCUT2D eigenvalue weighted by atomic mass is 9.94. The molecular formula is C10H16N2O3. The summed E-state index contributed by atoms with van der Waals surface area (Å²) in [6.45, 7) is 2.77. The molecule has 0 radical (unpaired) electrons. The van der Waals surface area contributed by atoms with Crippen molar-refractivity contribution >= 4 is 12.0 Å². The topological polar surface area (TPSA) is 60.9 Å². The highest BCUT2D eigenvalue weighted by Crippen LogP contribution is 2.22. The highest BCUT2D eigenvalue weighted by atomic mass is 16.4. The number of rotatable bonds is 1. The van der Waals surface area contributed by atoms with E-state index < -0.39 is 6.09 Å². The maximum atomic E-state index is 11.8. The van der Waals surface area contributed by atoms with Crippen LogP contribution in [0.5, 0.6) is 0 Å². The first kappa shape index (κ1) is 10.3. The summed E-state index contributed by atoms with van der Waals surface area (Å²) in [7, 11) is 0. The monoisotopic (exact) mass is 212 g/mol. The number of carbonyl (C=O) groups is 2. The van der Waals surface area contributed by atoms with Gasteiger partial charge in [-0.1, -0.05) is 0 Å². The summed E-state index contributed by atoms with van der Waals surface area (Å²) in [5.41, 5.74) is 0. The van der Waals surface area contributed by atoms with E-state index in [1.807, 2.05) is 4.90 Å². The zero-order valence-corrected chi connectivity index (χ0v) is 8.69. The molecule has 2 rings (SSSR count).